The lowest BCUT2D eigenvalue weighted by Gasteiger charge is -2.02. The van der Waals surface area contributed by atoms with Gasteiger partial charge in [-0.15, -0.1) is 0 Å². The Morgan fingerprint density at radius 2 is 2.25 bits per heavy atom. The number of halogens is 1. The molecule has 0 fully saturated rings. The van der Waals surface area contributed by atoms with Crippen LogP contribution in [0.25, 0.3) is 0 Å². The molecular weight excluding hydrogens is 163 g/mol. The van der Waals surface area contributed by atoms with E-state index in [0.717, 1.165) is 6.07 Å². The second kappa shape index (κ2) is 3.19. The highest BCUT2D eigenvalue weighted by Crippen LogP contribution is 2.14. The maximum Gasteiger partial charge on any atom is 0.276 e. The number of hydrogen-bond donors (Lipinski definition) is 3. The minimum atomic E-state index is -0.827. The molecule has 1 amide bonds. The van der Waals surface area contributed by atoms with Gasteiger partial charge in [0, 0.05) is 0 Å². The summed E-state index contributed by atoms with van der Waals surface area (Å²) >= 11 is 0. The zero-order valence-corrected chi connectivity index (χ0v) is 6.04. The fourth-order valence-corrected chi connectivity index (χ4v) is 0.795. The summed E-state index contributed by atoms with van der Waals surface area (Å²) in [6.07, 6.45) is 0. The van der Waals surface area contributed by atoms with Crippen molar-refractivity contribution in [2.24, 2.45) is 0 Å². The van der Waals surface area contributed by atoms with Gasteiger partial charge in [-0.05, 0) is 12.1 Å². The van der Waals surface area contributed by atoms with Crippen molar-refractivity contribution >= 4 is 11.6 Å². The van der Waals surface area contributed by atoms with Crippen LogP contribution in [-0.4, -0.2) is 11.1 Å². The Labute approximate surface area is 67.8 Å². The molecule has 5 heteroatoms. The lowest BCUT2D eigenvalue weighted by atomic mass is 10.1. The Hall–Kier alpha value is -1.62. The number of carbonyl (C=O) groups excluding carboxylic acids is 1. The van der Waals surface area contributed by atoms with E-state index in [1.165, 1.54) is 17.6 Å². The average molecular weight is 170 g/mol. The molecule has 64 valence electrons. The molecule has 0 unspecified atom stereocenters. The molecular formula is C7H7FN2O2. The van der Waals surface area contributed by atoms with Gasteiger partial charge in [0.25, 0.3) is 5.91 Å². The van der Waals surface area contributed by atoms with E-state index < -0.39 is 11.7 Å². The van der Waals surface area contributed by atoms with Gasteiger partial charge < -0.3 is 5.73 Å². The van der Waals surface area contributed by atoms with E-state index in [1.54, 1.807) is 0 Å². The van der Waals surface area contributed by atoms with Crippen LogP contribution in [-0.2, 0) is 0 Å². The van der Waals surface area contributed by atoms with Crippen LogP contribution in [0.3, 0.4) is 0 Å². The van der Waals surface area contributed by atoms with Crippen LogP contribution in [0.4, 0.5) is 10.1 Å². The van der Waals surface area contributed by atoms with Gasteiger partial charge in [-0.1, -0.05) is 6.07 Å². The smallest absolute Gasteiger partial charge is 0.276 e. The van der Waals surface area contributed by atoms with E-state index in [4.69, 9.17) is 10.9 Å². The number of hydroxylamine groups is 1. The van der Waals surface area contributed by atoms with Crippen molar-refractivity contribution in [3.8, 4) is 0 Å². The van der Waals surface area contributed by atoms with E-state index in [-0.39, 0.29) is 11.3 Å². The van der Waals surface area contributed by atoms with E-state index in [2.05, 4.69) is 0 Å². The molecule has 1 rings (SSSR count). The first-order chi connectivity index (χ1) is 5.66. The van der Waals surface area contributed by atoms with Crippen molar-refractivity contribution < 1.29 is 14.4 Å². The molecule has 0 saturated carbocycles. The molecule has 0 spiro atoms. The number of nitrogen functional groups attached to an aromatic ring is 1. The normalized spacial score (nSPS) is 9.50. The van der Waals surface area contributed by atoms with Crippen molar-refractivity contribution in [2.45, 2.75) is 0 Å². The molecule has 0 heterocycles. The lowest BCUT2D eigenvalue weighted by molar-refractivity contribution is 0.0707. The number of benzene rings is 1. The Bertz CT molecular complexity index is 314. The van der Waals surface area contributed by atoms with Crippen molar-refractivity contribution in [2.75, 3.05) is 5.73 Å². The van der Waals surface area contributed by atoms with Crippen molar-refractivity contribution in [3.63, 3.8) is 0 Å². The van der Waals surface area contributed by atoms with Crippen molar-refractivity contribution in [3.05, 3.63) is 29.6 Å². The van der Waals surface area contributed by atoms with Crippen LogP contribution in [0.15, 0.2) is 18.2 Å². The molecule has 0 aliphatic heterocycles. The number of anilines is 1. The van der Waals surface area contributed by atoms with Crippen molar-refractivity contribution in [1.29, 1.82) is 0 Å². The van der Waals surface area contributed by atoms with Crippen LogP contribution >= 0.6 is 0 Å². The molecule has 0 bridgehead atoms. The minimum absolute atomic E-state index is 0.0856. The molecule has 1 aromatic carbocycles. The van der Waals surface area contributed by atoms with Gasteiger partial charge in [0.15, 0.2) is 0 Å². The molecule has 0 radical (unpaired) electrons. The summed E-state index contributed by atoms with van der Waals surface area (Å²) in [5, 5.41) is 8.23. The highest BCUT2D eigenvalue weighted by atomic mass is 19.1. The fraction of sp³-hybridized carbons (Fsp3) is 0. The summed E-state index contributed by atoms with van der Waals surface area (Å²) in [4.78, 5) is 10.8. The summed E-state index contributed by atoms with van der Waals surface area (Å²) in [5.41, 5.74) is 6.22. The van der Waals surface area contributed by atoms with Crippen LogP contribution in [0.5, 0.6) is 0 Å². The monoisotopic (exact) mass is 170 g/mol. The molecule has 0 aromatic heterocycles. The van der Waals surface area contributed by atoms with Crippen LogP contribution in [0.2, 0.25) is 0 Å². The number of amides is 1. The highest BCUT2D eigenvalue weighted by Gasteiger charge is 2.10. The van der Waals surface area contributed by atoms with E-state index in [9.17, 15) is 9.18 Å². The zero-order chi connectivity index (χ0) is 9.14. The predicted octanol–water partition coefficient (Wildman–Crippen LogP) is 0.527. The van der Waals surface area contributed by atoms with Crippen LogP contribution in [0, 0.1) is 5.82 Å². The summed E-state index contributed by atoms with van der Waals surface area (Å²) < 4.78 is 12.7. The van der Waals surface area contributed by atoms with Crippen LogP contribution < -0.4 is 11.2 Å². The number of nitrogens with one attached hydrogen (secondary N) is 1. The third-order valence-electron chi connectivity index (χ3n) is 1.40. The minimum Gasteiger partial charge on any atom is -0.396 e. The largest absolute Gasteiger partial charge is 0.396 e. The second-order valence-electron chi connectivity index (χ2n) is 2.14. The number of hydrogen-bond acceptors (Lipinski definition) is 3. The van der Waals surface area contributed by atoms with Gasteiger partial charge in [0.1, 0.15) is 5.82 Å². The molecule has 0 saturated heterocycles. The van der Waals surface area contributed by atoms with Gasteiger partial charge in [-0.2, -0.15) is 0 Å². The molecule has 4 N–H and O–H groups in total. The second-order valence-corrected chi connectivity index (χ2v) is 2.14. The molecule has 0 aliphatic carbocycles. The first-order valence-electron chi connectivity index (χ1n) is 3.15. The highest BCUT2D eigenvalue weighted by molar-refractivity contribution is 5.98. The molecule has 1 aromatic rings. The quantitative estimate of drug-likeness (QED) is 0.327. The van der Waals surface area contributed by atoms with E-state index in [1.807, 2.05) is 0 Å². The Morgan fingerprint density at radius 1 is 1.58 bits per heavy atom. The number of para-hydroxylation sites is 1. The topological polar surface area (TPSA) is 75.4 Å². The standard InChI is InChI=1S/C7H7FN2O2/c8-5-3-1-2-4(6(5)9)7(11)10-12/h1-3,12H,9H2,(H,10,11). The molecule has 4 nitrogen and oxygen atoms in total. The van der Waals surface area contributed by atoms with Crippen LogP contribution in [0.1, 0.15) is 10.4 Å². The van der Waals surface area contributed by atoms with Gasteiger partial charge in [0.2, 0.25) is 0 Å². The SMILES string of the molecule is Nc1c(F)cccc1C(=O)NO. The summed E-state index contributed by atoms with van der Waals surface area (Å²) in [7, 11) is 0. The third kappa shape index (κ3) is 1.35. The van der Waals surface area contributed by atoms with Gasteiger partial charge in [0.05, 0.1) is 11.3 Å². The summed E-state index contributed by atoms with van der Waals surface area (Å²) in [5.74, 6) is -1.51. The number of rotatable bonds is 1. The predicted molar refractivity (Wildman–Crippen MR) is 40.1 cm³/mol. The number of nitrogens with two attached hydrogens (primary N) is 1. The first-order valence-corrected chi connectivity index (χ1v) is 3.15. The molecule has 12 heavy (non-hydrogen) atoms. The van der Waals surface area contributed by atoms with Gasteiger partial charge >= 0.3 is 0 Å². The van der Waals surface area contributed by atoms with E-state index in [0.29, 0.717) is 0 Å². The molecule has 0 aliphatic rings. The van der Waals surface area contributed by atoms with Gasteiger partial charge in [-0.25, -0.2) is 9.87 Å². The van der Waals surface area contributed by atoms with E-state index >= 15 is 0 Å². The Kier molecular flexibility index (Phi) is 2.25. The summed E-state index contributed by atoms with van der Waals surface area (Å²) in [6.45, 7) is 0. The van der Waals surface area contributed by atoms with Gasteiger partial charge in [-0.3, -0.25) is 10.0 Å². The first kappa shape index (κ1) is 8.48. The lowest BCUT2D eigenvalue weighted by Crippen LogP contribution is -2.20. The maximum absolute atomic E-state index is 12.7. The summed E-state index contributed by atoms with van der Waals surface area (Å²) in [6, 6.07) is 3.77. The molecule has 0 atom stereocenters. The number of carbonyl (C=O) groups is 1. The third-order valence-corrected chi connectivity index (χ3v) is 1.40. The Morgan fingerprint density at radius 3 is 2.83 bits per heavy atom. The maximum atomic E-state index is 12.7. The van der Waals surface area contributed by atoms with Crippen molar-refractivity contribution in [1.82, 2.24) is 5.48 Å². The Balaban J connectivity index is 3.16. The zero-order valence-electron chi connectivity index (χ0n) is 6.04. The average Bonchev–Trinajstić information content (AvgIpc) is 2.08. The fourth-order valence-electron chi connectivity index (χ4n) is 0.795.